The second-order valence-corrected chi connectivity index (χ2v) is 5.91. The van der Waals surface area contributed by atoms with Crippen LogP contribution in [0.5, 0.6) is 0 Å². The van der Waals surface area contributed by atoms with E-state index in [0.29, 0.717) is 18.9 Å². The Morgan fingerprint density at radius 1 is 1.33 bits per heavy atom. The Morgan fingerprint density at radius 3 is 2.44 bits per heavy atom. The highest BCUT2D eigenvalue weighted by Gasteiger charge is 2.14. The number of nitrogens with one attached hydrogen (secondary N) is 1. The predicted octanol–water partition coefficient (Wildman–Crippen LogP) is 3.40. The van der Waals surface area contributed by atoms with E-state index in [9.17, 15) is 4.79 Å². The third-order valence-corrected chi connectivity index (χ3v) is 3.27. The second kappa shape index (κ2) is 7.54. The van der Waals surface area contributed by atoms with E-state index in [-0.39, 0.29) is 11.8 Å². The van der Waals surface area contributed by atoms with Gasteiger partial charge in [-0.05, 0) is 49.1 Å². The molecule has 1 unspecified atom stereocenters. The van der Waals surface area contributed by atoms with Gasteiger partial charge in [0.15, 0.2) is 0 Å². The van der Waals surface area contributed by atoms with Crippen LogP contribution in [-0.4, -0.2) is 12.5 Å². The summed E-state index contributed by atoms with van der Waals surface area (Å²) in [4.78, 5) is 11.9. The van der Waals surface area contributed by atoms with Gasteiger partial charge >= 0.3 is 0 Å². The molecule has 3 N–H and O–H groups in total. The topological polar surface area (TPSA) is 55.1 Å². The summed E-state index contributed by atoms with van der Waals surface area (Å²) in [6.45, 7) is 4.86. The van der Waals surface area contributed by atoms with Crippen molar-refractivity contribution in [3.8, 4) is 0 Å². The van der Waals surface area contributed by atoms with Crippen LogP contribution in [0, 0.1) is 11.8 Å². The van der Waals surface area contributed by atoms with Crippen LogP contribution in [0.4, 0.5) is 5.69 Å². The Balaban J connectivity index is 2.47. The summed E-state index contributed by atoms with van der Waals surface area (Å²) in [5.74, 6) is 0.868. The van der Waals surface area contributed by atoms with Crippen molar-refractivity contribution < 1.29 is 4.79 Å². The maximum atomic E-state index is 11.9. The van der Waals surface area contributed by atoms with Crippen LogP contribution in [-0.2, 0) is 4.79 Å². The van der Waals surface area contributed by atoms with Crippen LogP contribution in [0.15, 0.2) is 28.7 Å². The minimum atomic E-state index is 0.0356. The van der Waals surface area contributed by atoms with Gasteiger partial charge in [-0.15, -0.1) is 0 Å². The molecule has 18 heavy (non-hydrogen) atoms. The van der Waals surface area contributed by atoms with Crippen LogP contribution >= 0.6 is 15.9 Å². The maximum Gasteiger partial charge on any atom is 0.224 e. The number of nitrogens with two attached hydrogens (primary N) is 1. The highest BCUT2D eigenvalue weighted by molar-refractivity contribution is 9.10. The predicted molar refractivity (Wildman–Crippen MR) is 79.4 cm³/mol. The summed E-state index contributed by atoms with van der Waals surface area (Å²) in [7, 11) is 0. The third kappa shape index (κ3) is 5.65. The molecule has 0 saturated carbocycles. The zero-order valence-corrected chi connectivity index (χ0v) is 12.5. The van der Waals surface area contributed by atoms with E-state index >= 15 is 0 Å². The van der Waals surface area contributed by atoms with Crippen LogP contribution in [0.3, 0.4) is 0 Å². The van der Waals surface area contributed by atoms with Gasteiger partial charge in [0.05, 0.1) is 0 Å². The first-order valence-corrected chi connectivity index (χ1v) is 7.06. The van der Waals surface area contributed by atoms with E-state index in [0.717, 1.165) is 16.6 Å². The lowest BCUT2D eigenvalue weighted by Crippen LogP contribution is -2.23. The molecule has 0 aliphatic heterocycles. The number of hydrogen-bond acceptors (Lipinski definition) is 2. The van der Waals surface area contributed by atoms with Crippen molar-refractivity contribution in [3.05, 3.63) is 28.7 Å². The highest BCUT2D eigenvalue weighted by atomic mass is 79.9. The van der Waals surface area contributed by atoms with Crippen molar-refractivity contribution in [1.82, 2.24) is 0 Å². The lowest BCUT2D eigenvalue weighted by Gasteiger charge is -2.16. The normalized spacial score (nSPS) is 12.5. The van der Waals surface area contributed by atoms with Gasteiger partial charge in [-0.2, -0.15) is 0 Å². The first-order valence-electron chi connectivity index (χ1n) is 6.26. The summed E-state index contributed by atoms with van der Waals surface area (Å²) >= 11 is 3.36. The van der Waals surface area contributed by atoms with Gasteiger partial charge in [0.25, 0.3) is 0 Å². The van der Waals surface area contributed by atoms with E-state index in [4.69, 9.17) is 5.73 Å². The summed E-state index contributed by atoms with van der Waals surface area (Å²) < 4.78 is 1.00. The molecule has 100 valence electrons. The number of carbonyl (C=O) groups is 1. The zero-order valence-electron chi connectivity index (χ0n) is 10.9. The fourth-order valence-electron chi connectivity index (χ4n) is 1.94. The van der Waals surface area contributed by atoms with E-state index in [1.54, 1.807) is 0 Å². The van der Waals surface area contributed by atoms with Crippen LogP contribution < -0.4 is 11.1 Å². The summed E-state index contributed by atoms with van der Waals surface area (Å²) in [6, 6.07) is 7.57. The van der Waals surface area contributed by atoms with Crippen LogP contribution in [0.1, 0.15) is 26.7 Å². The van der Waals surface area contributed by atoms with Crippen molar-refractivity contribution in [3.63, 3.8) is 0 Å². The summed E-state index contributed by atoms with van der Waals surface area (Å²) in [5, 5.41) is 2.89. The molecular formula is C14H21BrN2O. The number of amides is 1. The van der Waals surface area contributed by atoms with Crippen molar-refractivity contribution in [2.45, 2.75) is 26.7 Å². The Kier molecular flexibility index (Phi) is 6.36. The first kappa shape index (κ1) is 15.2. The molecule has 0 heterocycles. The molecule has 1 rings (SSSR count). The van der Waals surface area contributed by atoms with Crippen molar-refractivity contribution >= 4 is 27.5 Å². The Hall–Kier alpha value is -0.870. The molecule has 0 bridgehead atoms. The molecular weight excluding hydrogens is 292 g/mol. The third-order valence-electron chi connectivity index (χ3n) is 2.74. The zero-order chi connectivity index (χ0) is 13.5. The number of benzene rings is 1. The van der Waals surface area contributed by atoms with Gasteiger partial charge in [-0.25, -0.2) is 0 Å². The van der Waals surface area contributed by atoms with Gasteiger partial charge in [-0.3, -0.25) is 4.79 Å². The molecule has 1 aromatic rings. The monoisotopic (exact) mass is 312 g/mol. The number of carbonyl (C=O) groups excluding carboxylic acids is 1. The molecule has 1 atom stereocenters. The molecule has 0 aromatic heterocycles. The number of hydrogen-bond donors (Lipinski definition) is 2. The molecule has 0 fully saturated rings. The average molecular weight is 313 g/mol. The van der Waals surface area contributed by atoms with Crippen LogP contribution in [0.25, 0.3) is 0 Å². The van der Waals surface area contributed by atoms with Gasteiger partial charge in [0, 0.05) is 16.6 Å². The Labute approximate surface area is 117 Å². The lowest BCUT2D eigenvalue weighted by atomic mass is 9.94. The molecule has 0 aliphatic rings. The molecule has 0 saturated heterocycles. The largest absolute Gasteiger partial charge is 0.330 e. The smallest absolute Gasteiger partial charge is 0.224 e. The second-order valence-electron chi connectivity index (χ2n) is 4.99. The lowest BCUT2D eigenvalue weighted by molar-refractivity contribution is -0.117. The van der Waals surface area contributed by atoms with Gasteiger partial charge in [-0.1, -0.05) is 29.8 Å². The van der Waals surface area contributed by atoms with E-state index in [1.165, 1.54) is 0 Å². The quantitative estimate of drug-likeness (QED) is 0.846. The summed E-state index contributed by atoms with van der Waals surface area (Å²) in [6.07, 6.45) is 1.48. The molecule has 3 nitrogen and oxygen atoms in total. The first-order chi connectivity index (χ1) is 8.51. The SMILES string of the molecule is CC(C)CC(CN)CC(=O)Nc1ccc(Br)cc1. The van der Waals surface area contributed by atoms with Crippen LogP contribution in [0.2, 0.25) is 0 Å². The molecule has 0 radical (unpaired) electrons. The molecule has 0 spiro atoms. The Morgan fingerprint density at radius 2 is 1.94 bits per heavy atom. The summed E-state index contributed by atoms with van der Waals surface area (Å²) in [5.41, 5.74) is 6.52. The standard InChI is InChI=1S/C14H21BrN2O/c1-10(2)7-11(9-16)8-14(18)17-13-5-3-12(15)4-6-13/h3-6,10-11H,7-9,16H2,1-2H3,(H,17,18). The van der Waals surface area contributed by atoms with E-state index < -0.39 is 0 Å². The Bertz CT molecular complexity index is 376. The molecule has 0 aliphatic carbocycles. The average Bonchev–Trinajstić information content (AvgIpc) is 2.30. The van der Waals surface area contributed by atoms with Crippen molar-refractivity contribution in [2.75, 3.05) is 11.9 Å². The minimum Gasteiger partial charge on any atom is -0.330 e. The highest BCUT2D eigenvalue weighted by Crippen LogP contribution is 2.17. The minimum absolute atomic E-state index is 0.0356. The van der Waals surface area contributed by atoms with Crippen molar-refractivity contribution in [1.29, 1.82) is 0 Å². The molecule has 1 aromatic carbocycles. The fraction of sp³-hybridized carbons (Fsp3) is 0.500. The molecule has 4 heteroatoms. The number of anilines is 1. The van der Waals surface area contributed by atoms with Gasteiger partial charge < -0.3 is 11.1 Å². The fourth-order valence-corrected chi connectivity index (χ4v) is 2.20. The number of rotatable bonds is 6. The van der Waals surface area contributed by atoms with Gasteiger partial charge in [0.1, 0.15) is 0 Å². The van der Waals surface area contributed by atoms with E-state index in [2.05, 4.69) is 35.1 Å². The van der Waals surface area contributed by atoms with Crippen molar-refractivity contribution in [2.24, 2.45) is 17.6 Å². The number of halogens is 1. The van der Waals surface area contributed by atoms with Gasteiger partial charge in [0.2, 0.25) is 5.91 Å². The molecule has 1 amide bonds. The maximum absolute atomic E-state index is 11.9. The van der Waals surface area contributed by atoms with E-state index in [1.807, 2.05) is 24.3 Å².